The van der Waals surface area contributed by atoms with Gasteiger partial charge in [0.1, 0.15) is 0 Å². The molecule has 18 heavy (non-hydrogen) atoms. The van der Waals surface area contributed by atoms with E-state index in [0.29, 0.717) is 0 Å². The quantitative estimate of drug-likeness (QED) is 0.897. The van der Waals surface area contributed by atoms with E-state index in [2.05, 4.69) is 35.5 Å². The molecule has 0 saturated carbocycles. The van der Waals surface area contributed by atoms with Crippen molar-refractivity contribution in [1.29, 1.82) is 0 Å². The average Bonchev–Trinajstić information content (AvgIpc) is 2.94. The minimum Gasteiger partial charge on any atom is -0.379 e. The molecule has 1 unspecified atom stereocenters. The van der Waals surface area contributed by atoms with E-state index >= 15 is 0 Å². The van der Waals surface area contributed by atoms with Crippen LogP contribution in [0.1, 0.15) is 19.0 Å². The van der Waals surface area contributed by atoms with E-state index in [0.717, 1.165) is 31.9 Å². The third kappa shape index (κ3) is 2.02. The van der Waals surface area contributed by atoms with Gasteiger partial charge in [0, 0.05) is 31.1 Å². The molecule has 1 saturated heterocycles. The van der Waals surface area contributed by atoms with E-state index < -0.39 is 0 Å². The topological polar surface area (TPSA) is 39.1 Å². The Bertz CT molecular complexity index is 555. The van der Waals surface area contributed by atoms with Crippen LogP contribution >= 0.6 is 0 Å². The van der Waals surface area contributed by atoms with Crippen molar-refractivity contribution in [3.05, 3.63) is 30.0 Å². The Morgan fingerprint density at radius 1 is 1.44 bits per heavy atom. The van der Waals surface area contributed by atoms with Crippen molar-refractivity contribution < 1.29 is 4.74 Å². The largest absolute Gasteiger partial charge is 0.379 e. The predicted molar refractivity (Wildman–Crippen MR) is 71.4 cm³/mol. The predicted octanol–water partition coefficient (Wildman–Crippen LogP) is 1.84. The highest BCUT2D eigenvalue weighted by molar-refractivity contribution is 5.81. The molecule has 1 aromatic carbocycles. The molecular formula is C14H19N3O. The number of benzene rings is 1. The second-order valence-corrected chi connectivity index (χ2v) is 5.30. The zero-order chi connectivity index (χ0) is 12.6. The lowest BCUT2D eigenvalue weighted by Gasteiger charge is -2.22. The summed E-state index contributed by atoms with van der Waals surface area (Å²) >= 11 is 0. The van der Waals surface area contributed by atoms with Gasteiger partial charge in [0.15, 0.2) is 0 Å². The Kier molecular flexibility index (Phi) is 2.84. The van der Waals surface area contributed by atoms with Gasteiger partial charge < -0.3 is 10.1 Å². The number of hydrogen-bond acceptors (Lipinski definition) is 3. The highest BCUT2D eigenvalue weighted by Crippen LogP contribution is 2.21. The van der Waals surface area contributed by atoms with E-state index in [4.69, 9.17) is 4.74 Å². The van der Waals surface area contributed by atoms with E-state index in [9.17, 15) is 0 Å². The summed E-state index contributed by atoms with van der Waals surface area (Å²) in [5, 5.41) is 9.41. The van der Waals surface area contributed by atoms with Crippen LogP contribution in [0.5, 0.6) is 0 Å². The fourth-order valence-corrected chi connectivity index (χ4v) is 2.52. The first-order chi connectivity index (χ1) is 8.68. The average molecular weight is 245 g/mol. The van der Waals surface area contributed by atoms with Gasteiger partial charge in [-0.1, -0.05) is 18.2 Å². The van der Waals surface area contributed by atoms with Gasteiger partial charge in [-0.15, -0.1) is 0 Å². The van der Waals surface area contributed by atoms with Crippen molar-refractivity contribution in [2.75, 3.05) is 13.2 Å². The molecule has 0 bridgehead atoms. The molecule has 4 nitrogen and oxygen atoms in total. The van der Waals surface area contributed by atoms with E-state index in [1.54, 1.807) is 0 Å². The SMILES string of the molecule is Cn1nc(CNC2(C)CCOC2)c2ccccc21. The number of aryl methyl sites for hydroxylation is 1. The van der Waals surface area contributed by atoms with Crippen molar-refractivity contribution in [3.63, 3.8) is 0 Å². The molecule has 0 amide bonds. The van der Waals surface area contributed by atoms with Crippen LogP contribution < -0.4 is 5.32 Å². The fourth-order valence-electron chi connectivity index (χ4n) is 2.52. The summed E-state index contributed by atoms with van der Waals surface area (Å²) in [6.45, 7) is 4.65. The standard InChI is InChI=1S/C14H19N3O/c1-14(7-8-18-10-14)15-9-12-11-5-3-4-6-13(11)17(2)16-12/h3-6,15H,7-10H2,1-2H3. The van der Waals surface area contributed by atoms with Crippen LogP contribution in [0.3, 0.4) is 0 Å². The summed E-state index contributed by atoms with van der Waals surface area (Å²) in [5.41, 5.74) is 2.39. The molecule has 3 rings (SSSR count). The van der Waals surface area contributed by atoms with Gasteiger partial charge in [-0.25, -0.2) is 0 Å². The van der Waals surface area contributed by atoms with Crippen LogP contribution in [0, 0.1) is 0 Å². The molecule has 1 N–H and O–H groups in total. The number of hydrogen-bond donors (Lipinski definition) is 1. The Morgan fingerprint density at radius 3 is 3.06 bits per heavy atom. The number of nitrogens with one attached hydrogen (secondary N) is 1. The van der Waals surface area contributed by atoms with Gasteiger partial charge in [-0.05, 0) is 19.4 Å². The van der Waals surface area contributed by atoms with Crippen LogP contribution in [0.2, 0.25) is 0 Å². The van der Waals surface area contributed by atoms with Gasteiger partial charge in [-0.2, -0.15) is 5.10 Å². The maximum absolute atomic E-state index is 5.45. The highest BCUT2D eigenvalue weighted by Gasteiger charge is 2.29. The van der Waals surface area contributed by atoms with Gasteiger partial charge in [-0.3, -0.25) is 4.68 Å². The molecule has 96 valence electrons. The maximum atomic E-state index is 5.45. The number of rotatable bonds is 3. The van der Waals surface area contributed by atoms with Gasteiger partial charge >= 0.3 is 0 Å². The highest BCUT2D eigenvalue weighted by atomic mass is 16.5. The Morgan fingerprint density at radius 2 is 2.28 bits per heavy atom. The summed E-state index contributed by atoms with van der Waals surface area (Å²) in [7, 11) is 1.99. The summed E-state index contributed by atoms with van der Waals surface area (Å²) in [5.74, 6) is 0. The van der Waals surface area contributed by atoms with Crippen molar-refractivity contribution in [3.8, 4) is 0 Å². The Balaban J connectivity index is 1.82. The smallest absolute Gasteiger partial charge is 0.0841 e. The molecule has 1 atom stereocenters. The molecule has 0 aliphatic carbocycles. The van der Waals surface area contributed by atoms with Crippen LogP contribution in [-0.4, -0.2) is 28.5 Å². The molecule has 1 aliphatic rings. The molecular weight excluding hydrogens is 226 g/mol. The second-order valence-electron chi connectivity index (χ2n) is 5.30. The number of fused-ring (bicyclic) bond motifs is 1. The lowest BCUT2D eigenvalue weighted by Crippen LogP contribution is -2.42. The van der Waals surface area contributed by atoms with Gasteiger partial charge in [0.2, 0.25) is 0 Å². The van der Waals surface area contributed by atoms with Crippen molar-refractivity contribution in [1.82, 2.24) is 15.1 Å². The van der Waals surface area contributed by atoms with Gasteiger partial charge in [0.05, 0.1) is 17.8 Å². The maximum Gasteiger partial charge on any atom is 0.0841 e. The van der Waals surface area contributed by atoms with Crippen molar-refractivity contribution in [2.24, 2.45) is 7.05 Å². The molecule has 1 aromatic heterocycles. The number of aromatic nitrogens is 2. The number of nitrogens with zero attached hydrogens (tertiary/aromatic N) is 2. The van der Waals surface area contributed by atoms with Crippen molar-refractivity contribution >= 4 is 10.9 Å². The summed E-state index contributed by atoms with van der Waals surface area (Å²) < 4.78 is 7.40. The molecule has 0 radical (unpaired) electrons. The van der Waals surface area contributed by atoms with E-state index in [-0.39, 0.29) is 5.54 Å². The molecule has 0 spiro atoms. The molecule has 2 aromatic rings. The number of para-hydroxylation sites is 1. The minimum absolute atomic E-state index is 0.0959. The monoisotopic (exact) mass is 245 g/mol. The van der Waals surface area contributed by atoms with Gasteiger partial charge in [0.25, 0.3) is 0 Å². The van der Waals surface area contributed by atoms with Crippen LogP contribution in [-0.2, 0) is 18.3 Å². The third-order valence-electron chi connectivity index (χ3n) is 3.74. The fraction of sp³-hybridized carbons (Fsp3) is 0.500. The summed E-state index contributed by atoms with van der Waals surface area (Å²) in [6, 6.07) is 8.35. The Hall–Kier alpha value is -1.39. The zero-order valence-electron chi connectivity index (χ0n) is 10.9. The second kappa shape index (κ2) is 4.37. The van der Waals surface area contributed by atoms with Crippen molar-refractivity contribution in [2.45, 2.75) is 25.4 Å². The summed E-state index contributed by atoms with van der Waals surface area (Å²) in [6.07, 6.45) is 1.07. The third-order valence-corrected chi connectivity index (χ3v) is 3.74. The van der Waals surface area contributed by atoms with Crippen LogP contribution in [0.4, 0.5) is 0 Å². The first-order valence-corrected chi connectivity index (χ1v) is 6.41. The zero-order valence-corrected chi connectivity index (χ0v) is 10.9. The lowest BCUT2D eigenvalue weighted by atomic mass is 10.0. The normalized spacial score (nSPS) is 23.9. The molecule has 2 heterocycles. The van der Waals surface area contributed by atoms with Crippen LogP contribution in [0.15, 0.2) is 24.3 Å². The molecule has 1 aliphatic heterocycles. The lowest BCUT2D eigenvalue weighted by molar-refractivity contribution is 0.171. The first-order valence-electron chi connectivity index (χ1n) is 6.41. The Labute approximate surface area is 107 Å². The van der Waals surface area contributed by atoms with E-state index in [1.807, 2.05) is 17.8 Å². The summed E-state index contributed by atoms with van der Waals surface area (Å²) in [4.78, 5) is 0. The molecule has 4 heteroatoms. The first kappa shape index (κ1) is 11.7. The minimum atomic E-state index is 0.0959. The van der Waals surface area contributed by atoms with Crippen LogP contribution in [0.25, 0.3) is 10.9 Å². The number of ether oxygens (including phenoxy) is 1. The van der Waals surface area contributed by atoms with E-state index in [1.165, 1.54) is 10.9 Å². The molecule has 1 fully saturated rings.